The molecule has 0 saturated carbocycles. The number of hydrogen-bond acceptors (Lipinski definition) is 5. The standard InChI is InChI=1S/C20H20O5/c1-23-18-10-17(25-12-13-6-4-3-5-7-13)19-15(20(18)24-2)8-14(11-21)9-16(19)22/h3-10,21-22H,11-12H2,1-2H3. The van der Waals surface area contributed by atoms with E-state index in [4.69, 9.17) is 14.2 Å². The van der Waals surface area contributed by atoms with Gasteiger partial charge in [-0.1, -0.05) is 30.3 Å². The molecule has 5 heteroatoms. The number of methoxy groups -OCH3 is 2. The van der Waals surface area contributed by atoms with Gasteiger partial charge in [0.2, 0.25) is 0 Å². The summed E-state index contributed by atoms with van der Waals surface area (Å²) in [6, 6.07) is 14.7. The van der Waals surface area contributed by atoms with Gasteiger partial charge >= 0.3 is 0 Å². The molecule has 3 aromatic rings. The Kier molecular flexibility index (Phi) is 4.95. The van der Waals surface area contributed by atoms with E-state index in [1.165, 1.54) is 13.2 Å². The van der Waals surface area contributed by atoms with Gasteiger partial charge in [-0.3, -0.25) is 0 Å². The van der Waals surface area contributed by atoms with E-state index in [0.29, 0.717) is 40.2 Å². The largest absolute Gasteiger partial charge is 0.507 e. The smallest absolute Gasteiger partial charge is 0.168 e. The lowest BCUT2D eigenvalue weighted by Gasteiger charge is -2.17. The van der Waals surface area contributed by atoms with E-state index in [1.807, 2.05) is 30.3 Å². The molecule has 0 aliphatic carbocycles. The Morgan fingerprint density at radius 2 is 1.64 bits per heavy atom. The van der Waals surface area contributed by atoms with Crippen molar-refractivity contribution in [3.05, 3.63) is 59.7 Å². The zero-order chi connectivity index (χ0) is 17.8. The fourth-order valence-electron chi connectivity index (χ4n) is 2.82. The first-order valence-electron chi connectivity index (χ1n) is 7.86. The Morgan fingerprint density at radius 3 is 2.28 bits per heavy atom. The van der Waals surface area contributed by atoms with Crippen molar-refractivity contribution in [2.24, 2.45) is 0 Å². The van der Waals surface area contributed by atoms with Gasteiger partial charge in [0.15, 0.2) is 11.5 Å². The van der Waals surface area contributed by atoms with Crippen molar-refractivity contribution in [2.45, 2.75) is 13.2 Å². The highest BCUT2D eigenvalue weighted by Gasteiger charge is 2.18. The summed E-state index contributed by atoms with van der Waals surface area (Å²) in [6.45, 7) is 0.163. The second kappa shape index (κ2) is 7.32. The summed E-state index contributed by atoms with van der Waals surface area (Å²) in [5, 5.41) is 21.0. The summed E-state index contributed by atoms with van der Waals surface area (Å²) in [5.41, 5.74) is 1.59. The Bertz CT molecular complexity index is 874. The SMILES string of the molecule is COc1cc(OCc2ccccc2)c2c(O)cc(CO)cc2c1OC. The highest BCUT2D eigenvalue weighted by molar-refractivity contribution is 6.00. The van der Waals surface area contributed by atoms with Crippen LogP contribution >= 0.6 is 0 Å². The molecule has 0 atom stereocenters. The molecule has 3 aromatic carbocycles. The Balaban J connectivity index is 2.13. The second-order valence-corrected chi connectivity index (χ2v) is 5.58. The first-order chi connectivity index (χ1) is 12.2. The van der Waals surface area contributed by atoms with Gasteiger partial charge in [-0.05, 0) is 23.3 Å². The molecule has 0 unspecified atom stereocenters. The van der Waals surface area contributed by atoms with Crippen molar-refractivity contribution in [3.63, 3.8) is 0 Å². The Labute approximate surface area is 146 Å². The van der Waals surface area contributed by atoms with Gasteiger partial charge in [-0.2, -0.15) is 0 Å². The second-order valence-electron chi connectivity index (χ2n) is 5.58. The van der Waals surface area contributed by atoms with E-state index >= 15 is 0 Å². The number of hydrogen-bond donors (Lipinski definition) is 2. The van der Waals surface area contributed by atoms with Gasteiger partial charge in [0, 0.05) is 11.5 Å². The average molecular weight is 340 g/mol. The molecule has 0 aliphatic heterocycles. The van der Waals surface area contributed by atoms with E-state index in [2.05, 4.69) is 0 Å². The fourth-order valence-corrected chi connectivity index (χ4v) is 2.82. The summed E-state index contributed by atoms with van der Waals surface area (Å²) < 4.78 is 16.8. The minimum absolute atomic E-state index is 0.0190. The van der Waals surface area contributed by atoms with Crippen LogP contribution in [0, 0.1) is 0 Å². The van der Waals surface area contributed by atoms with Crippen LogP contribution in [0.15, 0.2) is 48.5 Å². The first kappa shape index (κ1) is 16.9. The van der Waals surface area contributed by atoms with Crippen molar-refractivity contribution in [1.29, 1.82) is 0 Å². The van der Waals surface area contributed by atoms with E-state index < -0.39 is 0 Å². The van der Waals surface area contributed by atoms with E-state index in [9.17, 15) is 10.2 Å². The van der Waals surface area contributed by atoms with Crippen LogP contribution in [0.5, 0.6) is 23.0 Å². The number of benzene rings is 3. The van der Waals surface area contributed by atoms with Crippen LogP contribution in [0.2, 0.25) is 0 Å². The lowest BCUT2D eigenvalue weighted by Crippen LogP contribution is -1.99. The predicted molar refractivity (Wildman–Crippen MR) is 95.4 cm³/mol. The molecule has 0 fully saturated rings. The summed E-state index contributed by atoms with van der Waals surface area (Å²) in [4.78, 5) is 0. The van der Waals surface area contributed by atoms with E-state index in [0.717, 1.165) is 5.56 Å². The quantitative estimate of drug-likeness (QED) is 0.717. The third kappa shape index (κ3) is 3.32. The number of aliphatic hydroxyl groups is 1. The van der Waals surface area contributed by atoms with Crippen LogP contribution in [0.25, 0.3) is 10.8 Å². The van der Waals surface area contributed by atoms with E-state index in [-0.39, 0.29) is 12.4 Å². The van der Waals surface area contributed by atoms with Crippen molar-refractivity contribution < 1.29 is 24.4 Å². The lowest BCUT2D eigenvalue weighted by atomic mass is 10.0. The number of aromatic hydroxyl groups is 1. The Hall–Kier alpha value is -2.92. The highest BCUT2D eigenvalue weighted by atomic mass is 16.5. The van der Waals surface area contributed by atoms with Gasteiger partial charge in [0.25, 0.3) is 0 Å². The Morgan fingerprint density at radius 1 is 0.880 bits per heavy atom. The molecule has 2 N–H and O–H groups in total. The molecule has 130 valence electrons. The monoisotopic (exact) mass is 340 g/mol. The molecule has 0 bridgehead atoms. The van der Waals surface area contributed by atoms with Gasteiger partial charge in [0.1, 0.15) is 18.1 Å². The summed E-state index contributed by atoms with van der Waals surface area (Å²) >= 11 is 0. The van der Waals surface area contributed by atoms with Gasteiger partial charge in [0.05, 0.1) is 26.2 Å². The molecule has 5 nitrogen and oxygen atoms in total. The normalized spacial score (nSPS) is 10.7. The number of aliphatic hydroxyl groups excluding tert-OH is 1. The summed E-state index contributed by atoms with van der Waals surface area (Å²) in [7, 11) is 3.07. The molecule has 0 heterocycles. The third-order valence-corrected chi connectivity index (χ3v) is 4.00. The van der Waals surface area contributed by atoms with Crippen LogP contribution in [0.3, 0.4) is 0 Å². The zero-order valence-electron chi connectivity index (χ0n) is 14.2. The molecule has 0 aliphatic rings. The van der Waals surface area contributed by atoms with Crippen molar-refractivity contribution in [2.75, 3.05) is 14.2 Å². The zero-order valence-corrected chi connectivity index (χ0v) is 14.2. The van der Waals surface area contributed by atoms with Gasteiger partial charge in [-0.15, -0.1) is 0 Å². The minimum atomic E-state index is -0.190. The molecule has 0 aromatic heterocycles. The van der Waals surface area contributed by atoms with Crippen molar-refractivity contribution >= 4 is 10.8 Å². The summed E-state index contributed by atoms with van der Waals surface area (Å²) in [5.74, 6) is 1.48. The molecule has 25 heavy (non-hydrogen) atoms. The average Bonchev–Trinajstić information content (AvgIpc) is 2.65. The predicted octanol–water partition coefficient (Wildman–Crippen LogP) is 3.63. The maximum atomic E-state index is 10.5. The third-order valence-electron chi connectivity index (χ3n) is 4.00. The molecule has 0 saturated heterocycles. The molecular weight excluding hydrogens is 320 g/mol. The number of fused-ring (bicyclic) bond motifs is 1. The first-order valence-corrected chi connectivity index (χ1v) is 7.86. The minimum Gasteiger partial charge on any atom is -0.507 e. The highest BCUT2D eigenvalue weighted by Crippen LogP contribution is 2.45. The molecule has 0 amide bonds. The molecule has 3 rings (SSSR count). The molecule has 0 spiro atoms. The van der Waals surface area contributed by atoms with Crippen LogP contribution in [0.1, 0.15) is 11.1 Å². The van der Waals surface area contributed by atoms with Crippen LogP contribution in [-0.2, 0) is 13.2 Å². The number of ether oxygens (including phenoxy) is 3. The fraction of sp³-hybridized carbons (Fsp3) is 0.200. The van der Waals surface area contributed by atoms with Crippen LogP contribution in [0.4, 0.5) is 0 Å². The van der Waals surface area contributed by atoms with Crippen LogP contribution < -0.4 is 14.2 Å². The van der Waals surface area contributed by atoms with E-state index in [1.54, 1.807) is 19.2 Å². The van der Waals surface area contributed by atoms with Gasteiger partial charge in [-0.25, -0.2) is 0 Å². The topological polar surface area (TPSA) is 68.2 Å². The number of phenols is 1. The van der Waals surface area contributed by atoms with Crippen molar-refractivity contribution in [1.82, 2.24) is 0 Å². The molecule has 0 radical (unpaired) electrons. The van der Waals surface area contributed by atoms with Crippen molar-refractivity contribution in [3.8, 4) is 23.0 Å². The lowest BCUT2D eigenvalue weighted by molar-refractivity contribution is 0.281. The maximum absolute atomic E-state index is 10.5. The number of phenolic OH excluding ortho intramolecular Hbond substituents is 1. The number of rotatable bonds is 6. The summed E-state index contributed by atoms with van der Waals surface area (Å²) in [6.07, 6.45) is 0. The molecular formula is C20H20O5. The van der Waals surface area contributed by atoms with Gasteiger partial charge < -0.3 is 24.4 Å². The maximum Gasteiger partial charge on any atom is 0.168 e. The van der Waals surface area contributed by atoms with Crippen LogP contribution in [-0.4, -0.2) is 24.4 Å².